The molecular formula is C19H26N4O4. The van der Waals surface area contributed by atoms with Gasteiger partial charge >= 0.3 is 0 Å². The van der Waals surface area contributed by atoms with Gasteiger partial charge in [-0.15, -0.1) is 0 Å². The average molecular weight is 374 g/mol. The van der Waals surface area contributed by atoms with Crippen molar-refractivity contribution in [2.75, 3.05) is 20.7 Å². The molecule has 0 unspecified atom stereocenters. The van der Waals surface area contributed by atoms with Crippen LogP contribution in [0.5, 0.6) is 5.75 Å². The summed E-state index contributed by atoms with van der Waals surface area (Å²) < 4.78 is 10.3. The highest BCUT2D eigenvalue weighted by molar-refractivity contribution is 5.85. The number of rotatable bonds is 7. The number of nitrogens with zero attached hydrogens (tertiary/aromatic N) is 3. The van der Waals surface area contributed by atoms with Gasteiger partial charge in [-0.1, -0.05) is 5.16 Å². The van der Waals surface area contributed by atoms with Crippen molar-refractivity contribution in [3.8, 4) is 17.1 Å². The Morgan fingerprint density at radius 3 is 2.48 bits per heavy atom. The molecule has 2 amide bonds. The van der Waals surface area contributed by atoms with Gasteiger partial charge in [0.2, 0.25) is 23.5 Å². The van der Waals surface area contributed by atoms with Gasteiger partial charge in [-0.25, -0.2) is 0 Å². The highest BCUT2D eigenvalue weighted by atomic mass is 16.5. The second-order valence-electron chi connectivity index (χ2n) is 7.29. The topological polar surface area (TPSA) is 97.6 Å². The fourth-order valence-corrected chi connectivity index (χ4v) is 2.38. The van der Waals surface area contributed by atoms with Crippen LogP contribution < -0.4 is 10.1 Å². The zero-order valence-electron chi connectivity index (χ0n) is 16.4. The number of carbonyl (C=O) groups excluding carboxylic acids is 2. The third-order valence-corrected chi connectivity index (χ3v) is 3.69. The van der Waals surface area contributed by atoms with Crippen molar-refractivity contribution in [2.24, 2.45) is 0 Å². The number of amides is 2. The van der Waals surface area contributed by atoms with E-state index in [2.05, 4.69) is 15.5 Å². The van der Waals surface area contributed by atoms with Crippen molar-refractivity contribution in [3.63, 3.8) is 0 Å². The molecule has 2 rings (SSSR count). The maximum atomic E-state index is 12.2. The Hall–Kier alpha value is -2.90. The Morgan fingerprint density at radius 1 is 1.22 bits per heavy atom. The minimum Gasteiger partial charge on any atom is -0.497 e. The Kier molecular flexibility index (Phi) is 6.55. The van der Waals surface area contributed by atoms with Crippen molar-refractivity contribution in [1.29, 1.82) is 0 Å². The van der Waals surface area contributed by atoms with Crippen molar-refractivity contribution in [2.45, 2.75) is 39.2 Å². The molecule has 0 spiro atoms. The van der Waals surface area contributed by atoms with Gasteiger partial charge in [-0.3, -0.25) is 9.59 Å². The molecule has 0 aliphatic heterocycles. The van der Waals surface area contributed by atoms with E-state index in [4.69, 9.17) is 9.26 Å². The molecule has 27 heavy (non-hydrogen) atoms. The summed E-state index contributed by atoms with van der Waals surface area (Å²) >= 11 is 0. The molecule has 0 aliphatic carbocycles. The van der Waals surface area contributed by atoms with Gasteiger partial charge in [0, 0.05) is 31.0 Å². The van der Waals surface area contributed by atoms with Gasteiger partial charge in [0.1, 0.15) is 5.75 Å². The molecule has 0 bridgehead atoms. The lowest BCUT2D eigenvalue weighted by atomic mass is 10.1. The molecule has 1 N–H and O–H groups in total. The average Bonchev–Trinajstić information content (AvgIpc) is 3.07. The summed E-state index contributed by atoms with van der Waals surface area (Å²) in [4.78, 5) is 29.8. The predicted octanol–water partition coefficient (Wildman–Crippen LogP) is 2.05. The Labute approximate surface area is 158 Å². The molecule has 0 aliphatic rings. The molecule has 8 heteroatoms. The van der Waals surface area contributed by atoms with E-state index < -0.39 is 0 Å². The summed E-state index contributed by atoms with van der Waals surface area (Å²) in [5.41, 5.74) is 0.468. The van der Waals surface area contributed by atoms with E-state index in [1.165, 1.54) is 4.90 Å². The van der Waals surface area contributed by atoms with Crippen molar-refractivity contribution in [3.05, 3.63) is 30.2 Å². The molecule has 1 heterocycles. The summed E-state index contributed by atoms with van der Waals surface area (Å²) in [5, 5.41) is 6.76. The maximum absolute atomic E-state index is 12.2. The number of likely N-dealkylation sites (N-methyl/N-ethyl adjacent to an activating group) is 1. The van der Waals surface area contributed by atoms with E-state index >= 15 is 0 Å². The van der Waals surface area contributed by atoms with Gasteiger partial charge in [0.15, 0.2) is 0 Å². The van der Waals surface area contributed by atoms with Crippen LogP contribution in [0.3, 0.4) is 0 Å². The largest absolute Gasteiger partial charge is 0.497 e. The fraction of sp³-hybridized carbons (Fsp3) is 0.474. The van der Waals surface area contributed by atoms with Crippen LogP contribution in [0.4, 0.5) is 0 Å². The van der Waals surface area contributed by atoms with E-state index in [9.17, 15) is 9.59 Å². The number of aryl methyl sites for hydroxylation is 1. The third kappa shape index (κ3) is 6.40. The number of aromatic nitrogens is 2. The first-order valence-corrected chi connectivity index (χ1v) is 8.70. The number of hydrogen-bond acceptors (Lipinski definition) is 6. The lowest BCUT2D eigenvalue weighted by Crippen LogP contribution is -2.46. The molecule has 0 fully saturated rings. The molecule has 8 nitrogen and oxygen atoms in total. The van der Waals surface area contributed by atoms with Gasteiger partial charge in [0.25, 0.3) is 0 Å². The first kappa shape index (κ1) is 20.4. The smallest absolute Gasteiger partial charge is 0.240 e. The highest BCUT2D eigenvalue weighted by Crippen LogP contribution is 2.20. The van der Waals surface area contributed by atoms with Gasteiger partial charge in [0.05, 0.1) is 13.7 Å². The number of carbonyl (C=O) groups is 2. The molecule has 0 atom stereocenters. The highest BCUT2D eigenvalue weighted by Gasteiger charge is 2.18. The minimum atomic E-state index is -0.331. The quantitative estimate of drug-likeness (QED) is 0.797. The van der Waals surface area contributed by atoms with Crippen molar-refractivity contribution >= 4 is 11.8 Å². The van der Waals surface area contributed by atoms with Crippen LogP contribution in [0.15, 0.2) is 28.8 Å². The van der Waals surface area contributed by atoms with E-state index in [-0.39, 0.29) is 30.3 Å². The number of methoxy groups -OCH3 is 1. The van der Waals surface area contributed by atoms with E-state index in [0.29, 0.717) is 18.1 Å². The first-order valence-electron chi connectivity index (χ1n) is 8.70. The van der Waals surface area contributed by atoms with E-state index in [0.717, 1.165) is 11.3 Å². The Bertz CT molecular complexity index is 778. The lowest BCUT2D eigenvalue weighted by Gasteiger charge is -2.23. The molecule has 146 valence electrons. The molecule has 1 aromatic carbocycles. The van der Waals surface area contributed by atoms with Crippen LogP contribution >= 0.6 is 0 Å². The lowest BCUT2D eigenvalue weighted by molar-refractivity contribution is -0.135. The number of nitrogens with one attached hydrogen (secondary N) is 1. The zero-order chi connectivity index (χ0) is 20.0. The SMILES string of the molecule is COc1ccc(-c2noc(CCC(=O)N(C)CC(=O)NC(C)(C)C)n2)cc1. The minimum absolute atomic E-state index is 0.0109. The summed E-state index contributed by atoms with van der Waals surface area (Å²) in [6.07, 6.45) is 0.497. The summed E-state index contributed by atoms with van der Waals surface area (Å²) in [6.45, 7) is 5.69. The molecule has 1 aromatic heterocycles. The molecule has 0 saturated carbocycles. The summed E-state index contributed by atoms with van der Waals surface area (Å²) in [6, 6.07) is 7.29. The first-order chi connectivity index (χ1) is 12.7. The zero-order valence-corrected chi connectivity index (χ0v) is 16.4. The monoisotopic (exact) mass is 374 g/mol. The van der Waals surface area contributed by atoms with Crippen LogP contribution in [0.25, 0.3) is 11.4 Å². The summed E-state index contributed by atoms with van der Waals surface area (Å²) in [5.74, 6) is 1.22. The van der Waals surface area contributed by atoms with Crippen molar-refractivity contribution in [1.82, 2.24) is 20.4 Å². The second kappa shape index (κ2) is 8.66. The number of ether oxygens (including phenoxy) is 1. The van der Waals surface area contributed by atoms with Crippen LogP contribution in [0.2, 0.25) is 0 Å². The number of hydrogen-bond donors (Lipinski definition) is 1. The van der Waals surface area contributed by atoms with Crippen LogP contribution in [-0.2, 0) is 16.0 Å². The predicted molar refractivity (Wildman–Crippen MR) is 100 cm³/mol. The molecular weight excluding hydrogens is 348 g/mol. The van der Waals surface area contributed by atoms with Crippen LogP contribution in [-0.4, -0.2) is 53.1 Å². The van der Waals surface area contributed by atoms with Gasteiger partial charge in [-0.05, 0) is 45.0 Å². The van der Waals surface area contributed by atoms with E-state index in [1.807, 2.05) is 45.0 Å². The standard InChI is InChI=1S/C19H26N4O4/c1-19(2,3)21-15(24)12-23(4)17(25)11-10-16-20-18(22-27-16)13-6-8-14(26-5)9-7-13/h6-9H,10-12H2,1-5H3,(H,21,24). The van der Waals surface area contributed by atoms with Crippen molar-refractivity contribution < 1.29 is 18.8 Å². The van der Waals surface area contributed by atoms with Gasteiger partial charge < -0.3 is 19.5 Å². The maximum Gasteiger partial charge on any atom is 0.240 e. The fourth-order valence-electron chi connectivity index (χ4n) is 2.38. The normalized spacial score (nSPS) is 11.1. The third-order valence-electron chi connectivity index (χ3n) is 3.69. The molecule has 0 radical (unpaired) electrons. The number of benzene rings is 1. The second-order valence-corrected chi connectivity index (χ2v) is 7.29. The Balaban J connectivity index is 1.86. The van der Waals surface area contributed by atoms with E-state index in [1.54, 1.807) is 14.2 Å². The van der Waals surface area contributed by atoms with Crippen LogP contribution in [0, 0.1) is 0 Å². The molecule has 0 saturated heterocycles. The Morgan fingerprint density at radius 2 is 1.89 bits per heavy atom. The summed E-state index contributed by atoms with van der Waals surface area (Å²) in [7, 11) is 3.20. The van der Waals surface area contributed by atoms with Gasteiger partial charge in [-0.2, -0.15) is 4.98 Å². The van der Waals surface area contributed by atoms with Crippen LogP contribution in [0.1, 0.15) is 33.1 Å². The molecule has 2 aromatic rings.